The fraction of sp³-hybridized carbons (Fsp3) is 0.591. The monoisotopic (exact) mass is 366 g/mol. The smallest absolute Gasteiger partial charge is 0.253 e. The van der Waals surface area contributed by atoms with Crippen LogP contribution >= 0.6 is 0 Å². The molecule has 1 saturated heterocycles. The molecule has 0 bridgehead atoms. The summed E-state index contributed by atoms with van der Waals surface area (Å²) in [5.41, 5.74) is 3.39. The number of amides is 1. The molecule has 1 spiro atoms. The summed E-state index contributed by atoms with van der Waals surface area (Å²) in [5, 5.41) is 8.70. The van der Waals surface area contributed by atoms with E-state index in [4.69, 9.17) is 0 Å². The van der Waals surface area contributed by atoms with Crippen LogP contribution in [0.4, 0.5) is 0 Å². The van der Waals surface area contributed by atoms with Gasteiger partial charge >= 0.3 is 0 Å². The van der Waals surface area contributed by atoms with Crippen molar-refractivity contribution in [2.75, 3.05) is 13.1 Å². The Hall–Kier alpha value is -2.17. The molecule has 2 aliphatic rings. The highest BCUT2D eigenvalue weighted by Crippen LogP contribution is 2.55. The van der Waals surface area contributed by atoms with Gasteiger partial charge in [0.1, 0.15) is 12.2 Å². The minimum absolute atomic E-state index is 0.154. The van der Waals surface area contributed by atoms with Gasteiger partial charge in [-0.25, -0.2) is 0 Å². The van der Waals surface area contributed by atoms with E-state index in [0.717, 1.165) is 31.0 Å². The van der Waals surface area contributed by atoms with Gasteiger partial charge in [-0.3, -0.25) is 4.79 Å². The second-order valence-corrected chi connectivity index (χ2v) is 8.99. The molecule has 1 aliphatic heterocycles. The highest BCUT2D eigenvalue weighted by atomic mass is 16.2. The molecule has 5 nitrogen and oxygen atoms in total. The van der Waals surface area contributed by atoms with Crippen LogP contribution in [0.3, 0.4) is 0 Å². The van der Waals surface area contributed by atoms with Gasteiger partial charge in [-0.2, -0.15) is 0 Å². The molecule has 1 saturated carbocycles. The number of rotatable bonds is 4. The second-order valence-electron chi connectivity index (χ2n) is 8.99. The third-order valence-electron chi connectivity index (χ3n) is 6.56. The summed E-state index contributed by atoms with van der Waals surface area (Å²) in [4.78, 5) is 15.3. The number of aryl methyl sites for hydroxylation is 2. The van der Waals surface area contributed by atoms with Crippen LogP contribution in [0.25, 0.3) is 0 Å². The molecule has 1 atom stereocenters. The topological polar surface area (TPSA) is 51.0 Å². The fourth-order valence-electron chi connectivity index (χ4n) is 4.74. The first-order valence-corrected chi connectivity index (χ1v) is 10.1. The molecule has 27 heavy (non-hydrogen) atoms. The molecule has 0 radical (unpaired) electrons. The Morgan fingerprint density at radius 2 is 2.04 bits per heavy atom. The summed E-state index contributed by atoms with van der Waals surface area (Å²) >= 11 is 0. The van der Waals surface area contributed by atoms with Crippen LogP contribution in [-0.2, 0) is 6.54 Å². The summed E-state index contributed by atoms with van der Waals surface area (Å²) in [6.07, 6.45) is 5.47. The molecular formula is C22H30N4O. The maximum Gasteiger partial charge on any atom is 0.253 e. The maximum absolute atomic E-state index is 13.2. The van der Waals surface area contributed by atoms with Crippen LogP contribution < -0.4 is 0 Å². The van der Waals surface area contributed by atoms with Gasteiger partial charge in [0.15, 0.2) is 0 Å². The molecule has 1 aliphatic carbocycles. The van der Waals surface area contributed by atoms with Gasteiger partial charge in [-0.1, -0.05) is 26.3 Å². The number of carbonyl (C=O) groups is 1. The van der Waals surface area contributed by atoms with Crippen molar-refractivity contribution in [2.45, 2.75) is 59.4 Å². The first kappa shape index (κ1) is 18.2. The van der Waals surface area contributed by atoms with Crippen molar-refractivity contribution in [1.29, 1.82) is 0 Å². The van der Waals surface area contributed by atoms with Crippen LogP contribution in [-0.4, -0.2) is 38.7 Å². The van der Waals surface area contributed by atoms with E-state index in [0.29, 0.717) is 11.8 Å². The molecule has 4 rings (SSSR count). The van der Waals surface area contributed by atoms with Gasteiger partial charge < -0.3 is 9.47 Å². The average molecular weight is 367 g/mol. The number of carbonyl (C=O) groups excluding carboxylic acids is 1. The highest BCUT2D eigenvalue weighted by Gasteiger charge is 2.53. The van der Waals surface area contributed by atoms with Gasteiger partial charge in [0, 0.05) is 31.1 Å². The largest absolute Gasteiger partial charge is 0.337 e. The molecule has 5 heteroatoms. The quantitative estimate of drug-likeness (QED) is 0.823. The summed E-state index contributed by atoms with van der Waals surface area (Å²) in [6, 6.07) is 6.04. The Bertz CT molecular complexity index is 850. The van der Waals surface area contributed by atoms with Crippen molar-refractivity contribution in [2.24, 2.45) is 11.3 Å². The van der Waals surface area contributed by atoms with E-state index >= 15 is 0 Å². The molecule has 1 amide bonds. The fourth-order valence-corrected chi connectivity index (χ4v) is 4.74. The van der Waals surface area contributed by atoms with E-state index in [1.807, 2.05) is 18.5 Å². The molecule has 1 unspecified atom stereocenters. The number of likely N-dealkylation sites (tertiary alicyclic amines) is 1. The van der Waals surface area contributed by atoms with Crippen molar-refractivity contribution in [3.05, 3.63) is 47.0 Å². The van der Waals surface area contributed by atoms with Crippen LogP contribution in [0.5, 0.6) is 0 Å². The van der Waals surface area contributed by atoms with Crippen LogP contribution in [0.2, 0.25) is 0 Å². The zero-order valence-electron chi connectivity index (χ0n) is 16.9. The summed E-state index contributed by atoms with van der Waals surface area (Å²) in [5.74, 6) is 2.07. The minimum atomic E-state index is 0.154. The van der Waals surface area contributed by atoms with Crippen molar-refractivity contribution in [3.63, 3.8) is 0 Å². The van der Waals surface area contributed by atoms with Crippen LogP contribution in [0.15, 0.2) is 24.5 Å². The summed E-state index contributed by atoms with van der Waals surface area (Å²) in [7, 11) is 0. The van der Waals surface area contributed by atoms with E-state index in [1.165, 1.54) is 30.4 Å². The van der Waals surface area contributed by atoms with E-state index < -0.39 is 0 Å². The van der Waals surface area contributed by atoms with E-state index in [1.54, 1.807) is 0 Å². The van der Waals surface area contributed by atoms with Crippen molar-refractivity contribution in [1.82, 2.24) is 19.7 Å². The lowest BCUT2D eigenvalue weighted by molar-refractivity contribution is 0.0723. The highest BCUT2D eigenvalue weighted by molar-refractivity contribution is 5.94. The zero-order valence-corrected chi connectivity index (χ0v) is 16.9. The number of benzene rings is 1. The van der Waals surface area contributed by atoms with Crippen molar-refractivity contribution >= 4 is 5.91 Å². The molecule has 1 aromatic heterocycles. The Kier molecular flexibility index (Phi) is 4.57. The predicted octanol–water partition coefficient (Wildman–Crippen LogP) is 3.96. The third-order valence-corrected chi connectivity index (χ3v) is 6.56. The van der Waals surface area contributed by atoms with Crippen LogP contribution in [0.1, 0.15) is 66.3 Å². The zero-order chi connectivity index (χ0) is 19.2. The summed E-state index contributed by atoms with van der Waals surface area (Å²) in [6.45, 7) is 11.1. The lowest BCUT2D eigenvalue weighted by Gasteiger charge is -2.42. The number of hydrogen-bond donors (Lipinski definition) is 0. The van der Waals surface area contributed by atoms with E-state index in [9.17, 15) is 4.79 Å². The number of hydrogen-bond acceptors (Lipinski definition) is 3. The average Bonchev–Trinajstić information content (AvgIpc) is 3.19. The Labute approximate surface area is 161 Å². The lowest BCUT2D eigenvalue weighted by Crippen LogP contribution is -2.38. The van der Waals surface area contributed by atoms with Gasteiger partial charge in [0.25, 0.3) is 5.91 Å². The van der Waals surface area contributed by atoms with E-state index in [2.05, 4.69) is 53.4 Å². The van der Waals surface area contributed by atoms with Crippen LogP contribution in [0, 0.1) is 25.2 Å². The molecule has 144 valence electrons. The standard InChI is InChI=1S/C22H30N4O/c1-15(2)11-26-14-23-24-20(26)19-12-25(13-22(19)8-5-9-22)21(27)18-7-6-16(3)17(4)10-18/h6-7,10,14-15,19H,5,8-9,11-13H2,1-4H3. The molecule has 2 fully saturated rings. The molecule has 0 N–H and O–H groups in total. The predicted molar refractivity (Wildman–Crippen MR) is 106 cm³/mol. The molecule has 2 aromatic rings. The summed E-state index contributed by atoms with van der Waals surface area (Å²) < 4.78 is 2.21. The minimum Gasteiger partial charge on any atom is -0.337 e. The number of aromatic nitrogens is 3. The van der Waals surface area contributed by atoms with Crippen molar-refractivity contribution < 1.29 is 4.79 Å². The first-order valence-electron chi connectivity index (χ1n) is 10.1. The first-order chi connectivity index (χ1) is 12.9. The van der Waals surface area contributed by atoms with Gasteiger partial charge in [-0.15, -0.1) is 10.2 Å². The molecule has 1 aromatic carbocycles. The normalized spacial score (nSPS) is 21.1. The van der Waals surface area contributed by atoms with Gasteiger partial charge in [0.05, 0.1) is 0 Å². The molecule has 2 heterocycles. The maximum atomic E-state index is 13.2. The van der Waals surface area contributed by atoms with Gasteiger partial charge in [0.2, 0.25) is 0 Å². The number of nitrogens with zero attached hydrogens (tertiary/aromatic N) is 4. The van der Waals surface area contributed by atoms with E-state index in [-0.39, 0.29) is 11.3 Å². The Morgan fingerprint density at radius 3 is 2.67 bits per heavy atom. The van der Waals surface area contributed by atoms with Gasteiger partial charge in [-0.05, 0) is 61.3 Å². The SMILES string of the molecule is Cc1ccc(C(=O)N2CC(c3nncn3CC(C)C)C3(CCC3)C2)cc1C. The second kappa shape index (κ2) is 6.77. The van der Waals surface area contributed by atoms with Crippen molar-refractivity contribution in [3.8, 4) is 0 Å². The third kappa shape index (κ3) is 3.17. The molecular weight excluding hydrogens is 336 g/mol. The Morgan fingerprint density at radius 1 is 1.26 bits per heavy atom. The lowest BCUT2D eigenvalue weighted by atomic mass is 9.62. The Balaban J connectivity index is 1.61.